The summed E-state index contributed by atoms with van der Waals surface area (Å²) in [5.74, 6) is -2.47. The van der Waals surface area contributed by atoms with E-state index in [1.165, 1.54) is 24.3 Å². The summed E-state index contributed by atoms with van der Waals surface area (Å²) in [6.45, 7) is -0.512. The molecule has 0 unspecified atom stereocenters. The van der Waals surface area contributed by atoms with E-state index in [4.69, 9.17) is 25.7 Å². The molecule has 0 aliphatic carbocycles. The van der Waals surface area contributed by atoms with Gasteiger partial charge in [0.25, 0.3) is 20.2 Å². The number of aromatic hydroxyl groups is 1. The molecule has 0 aromatic heterocycles. The van der Waals surface area contributed by atoms with Crippen LogP contribution in [0.1, 0.15) is 0 Å². The normalized spacial score (nSPS) is 12.0. The standard InChI is InChI=1S/C10H12N4O9S.C6H7NO3S/c11-5(9(16)17)3-12-10(18)13-6-1-4(24(21,22)23)2-7(8(6)15)14(19)20;7-5-2-1-3-6(4-5)11(8,9)10/h1-2,5,15H,3,11H2,(H,16,17)(H2,12,13,18)(H,21,22,23);1-4H,7H2,(H,8,9,10)/t5-;/m0./s1. The monoisotopic (exact) mass is 537 g/mol. The molecule has 0 saturated carbocycles. The predicted molar refractivity (Wildman–Crippen MR) is 118 cm³/mol. The first-order valence-corrected chi connectivity index (χ1v) is 11.7. The van der Waals surface area contributed by atoms with Gasteiger partial charge in [0, 0.05) is 18.3 Å². The van der Waals surface area contributed by atoms with E-state index < -0.39 is 71.8 Å². The van der Waals surface area contributed by atoms with Gasteiger partial charge in [0.1, 0.15) is 10.9 Å². The summed E-state index contributed by atoms with van der Waals surface area (Å²) in [6, 6.07) is 3.88. The Morgan fingerprint density at radius 2 is 1.63 bits per heavy atom. The maximum atomic E-state index is 11.6. The van der Waals surface area contributed by atoms with Crippen LogP contribution in [0.5, 0.6) is 5.75 Å². The average molecular weight is 537 g/mol. The summed E-state index contributed by atoms with van der Waals surface area (Å²) in [5.41, 5.74) is 8.95. The summed E-state index contributed by atoms with van der Waals surface area (Å²) >= 11 is 0. The van der Waals surface area contributed by atoms with Crippen molar-refractivity contribution in [3.8, 4) is 5.75 Å². The number of carboxylic acid groups (broad SMARTS) is 1. The second-order valence-corrected chi connectivity index (χ2v) is 9.24. The van der Waals surface area contributed by atoms with Gasteiger partial charge in [-0.05, 0) is 24.3 Å². The van der Waals surface area contributed by atoms with Crippen LogP contribution in [-0.2, 0) is 25.0 Å². The van der Waals surface area contributed by atoms with Crippen molar-refractivity contribution in [1.82, 2.24) is 5.32 Å². The molecule has 2 aromatic carbocycles. The molecule has 0 radical (unpaired) electrons. The van der Waals surface area contributed by atoms with E-state index in [-0.39, 0.29) is 4.90 Å². The number of nitro groups is 1. The van der Waals surface area contributed by atoms with Crippen molar-refractivity contribution in [2.24, 2.45) is 5.73 Å². The Kier molecular flexibility index (Phi) is 9.44. The minimum atomic E-state index is -4.86. The molecule has 0 spiro atoms. The summed E-state index contributed by atoms with van der Waals surface area (Å²) in [6.07, 6.45) is 0. The number of amides is 2. The molecule has 0 heterocycles. The number of carbonyl (C=O) groups is 2. The second-order valence-electron chi connectivity index (χ2n) is 6.40. The lowest BCUT2D eigenvalue weighted by molar-refractivity contribution is -0.386. The fourth-order valence-electron chi connectivity index (χ4n) is 2.11. The van der Waals surface area contributed by atoms with Crippen molar-refractivity contribution >= 4 is 49.3 Å². The van der Waals surface area contributed by atoms with Crippen molar-refractivity contribution in [3.63, 3.8) is 0 Å². The zero-order valence-corrected chi connectivity index (χ0v) is 18.9. The maximum absolute atomic E-state index is 11.6. The highest BCUT2D eigenvalue weighted by molar-refractivity contribution is 7.86. The smallest absolute Gasteiger partial charge is 0.322 e. The Morgan fingerprint density at radius 3 is 2.06 bits per heavy atom. The Morgan fingerprint density at radius 1 is 1.06 bits per heavy atom. The molecule has 35 heavy (non-hydrogen) atoms. The summed E-state index contributed by atoms with van der Waals surface area (Å²) in [7, 11) is -8.96. The molecule has 2 rings (SSSR count). The number of nitrogens with one attached hydrogen (secondary N) is 2. The lowest BCUT2D eigenvalue weighted by atomic mass is 10.2. The van der Waals surface area contributed by atoms with E-state index in [1.807, 2.05) is 10.6 Å². The molecular formula is C16H19N5O12S2. The predicted octanol–water partition coefficient (Wildman–Crippen LogP) is -0.404. The highest BCUT2D eigenvalue weighted by Gasteiger charge is 2.25. The van der Waals surface area contributed by atoms with Crippen LogP contribution < -0.4 is 22.1 Å². The van der Waals surface area contributed by atoms with Crippen LogP contribution in [-0.4, -0.2) is 65.7 Å². The topological polar surface area (TPSA) is 303 Å². The number of nitrogens with two attached hydrogens (primary N) is 2. The molecule has 0 aliphatic heterocycles. The number of phenolic OH excluding ortho intramolecular Hbond substituents is 1. The zero-order chi connectivity index (χ0) is 27.1. The third-order valence-electron chi connectivity index (χ3n) is 3.76. The third-order valence-corrected chi connectivity index (χ3v) is 5.44. The van der Waals surface area contributed by atoms with E-state index in [1.54, 1.807) is 0 Å². The molecule has 0 saturated heterocycles. The third kappa shape index (κ3) is 9.02. The van der Waals surface area contributed by atoms with Crippen LogP contribution >= 0.6 is 0 Å². The Bertz CT molecular complexity index is 1340. The molecule has 0 aliphatic rings. The van der Waals surface area contributed by atoms with E-state index in [2.05, 4.69) is 0 Å². The molecule has 2 aromatic rings. The summed E-state index contributed by atoms with van der Waals surface area (Å²) in [4.78, 5) is 30.6. The number of nitro benzene ring substituents is 1. The van der Waals surface area contributed by atoms with Crippen molar-refractivity contribution < 1.29 is 50.7 Å². The molecule has 1 atom stereocenters. The highest BCUT2D eigenvalue weighted by Crippen LogP contribution is 2.36. The van der Waals surface area contributed by atoms with Crippen LogP contribution in [0.4, 0.5) is 21.9 Å². The molecule has 17 nitrogen and oxygen atoms in total. The van der Waals surface area contributed by atoms with E-state index in [0.29, 0.717) is 17.8 Å². The van der Waals surface area contributed by atoms with Crippen LogP contribution in [0.3, 0.4) is 0 Å². The minimum absolute atomic E-state index is 0.183. The van der Waals surface area contributed by atoms with Gasteiger partial charge < -0.3 is 32.3 Å². The average Bonchev–Trinajstić information content (AvgIpc) is 2.72. The van der Waals surface area contributed by atoms with Crippen LogP contribution in [0.25, 0.3) is 0 Å². The van der Waals surface area contributed by atoms with Crippen molar-refractivity contribution in [2.45, 2.75) is 15.8 Å². The number of anilines is 2. The van der Waals surface area contributed by atoms with Gasteiger partial charge in [0.15, 0.2) is 0 Å². The van der Waals surface area contributed by atoms with Gasteiger partial charge in [-0.3, -0.25) is 24.0 Å². The Balaban J connectivity index is 0.000000462. The molecular weight excluding hydrogens is 518 g/mol. The number of aliphatic carboxylic acids is 1. The van der Waals surface area contributed by atoms with Gasteiger partial charge >= 0.3 is 17.7 Å². The number of phenols is 1. The number of hydrogen-bond acceptors (Lipinski definition) is 11. The van der Waals surface area contributed by atoms with Crippen LogP contribution in [0, 0.1) is 10.1 Å². The van der Waals surface area contributed by atoms with E-state index in [0.717, 1.165) is 0 Å². The number of nitrogens with zero attached hydrogens (tertiary/aromatic N) is 1. The molecule has 192 valence electrons. The van der Waals surface area contributed by atoms with Gasteiger partial charge in [0.05, 0.1) is 15.5 Å². The molecule has 10 N–H and O–H groups in total. The molecule has 0 fully saturated rings. The number of rotatable bonds is 7. The minimum Gasteiger partial charge on any atom is -0.501 e. The van der Waals surface area contributed by atoms with E-state index >= 15 is 0 Å². The van der Waals surface area contributed by atoms with Gasteiger partial charge in [-0.25, -0.2) is 4.79 Å². The largest absolute Gasteiger partial charge is 0.501 e. The van der Waals surface area contributed by atoms with E-state index in [9.17, 15) is 41.6 Å². The number of nitrogen functional groups attached to an aromatic ring is 1. The Labute approximate surface area is 197 Å². The molecule has 19 heteroatoms. The highest BCUT2D eigenvalue weighted by atomic mass is 32.2. The first kappa shape index (κ1) is 29.0. The first-order valence-electron chi connectivity index (χ1n) is 8.78. The van der Waals surface area contributed by atoms with Crippen molar-refractivity contribution in [3.05, 3.63) is 46.5 Å². The second kappa shape index (κ2) is 11.4. The molecule has 2 amide bonds. The van der Waals surface area contributed by atoms with Crippen LogP contribution in [0.2, 0.25) is 0 Å². The zero-order valence-electron chi connectivity index (χ0n) is 17.2. The lowest BCUT2D eigenvalue weighted by Gasteiger charge is -2.11. The van der Waals surface area contributed by atoms with Gasteiger partial charge in [-0.15, -0.1) is 0 Å². The number of carbonyl (C=O) groups excluding carboxylic acids is 1. The van der Waals surface area contributed by atoms with Gasteiger partial charge in [0.2, 0.25) is 5.75 Å². The fourth-order valence-corrected chi connectivity index (χ4v) is 3.17. The van der Waals surface area contributed by atoms with Gasteiger partial charge in [-0.2, -0.15) is 16.8 Å². The number of carboxylic acids is 1. The van der Waals surface area contributed by atoms with Crippen LogP contribution in [0.15, 0.2) is 46.2 Å². The van der Waals surface area contributed by atoms with Crippen molar-refractivity contribution in [2.75, 3.05) is 17.6 Å². The first-order chi connectivity index (χ1) is 15.9. The summed E-state index contributed by atoms with van der Waals surface area (Å²) < 4.78 is 60.6. The maximum Gasteiger partial charge on any atom is 0.322 e. The SMILES string of the molecule is N[C@@H](CNC(=O)Nc1cc(S(=O)(=O)O)cc([N+](=O)[O-])c1O)C(=O)O.Nc1cccc(S(=O)(=O)O)c1. The van der Waals surface area contributed by atoms with Gasteiger partial charge in [-0.1, -0.05) is 6.07 Å². The number of benzene rings is 2. The lowest BCUT2D eigenvalue weighted by Crippen LogP contribution is -2.43. The van der Waals surface area contributed by atoms with Crippen molar-refractivity contribution in [1.29, 1.82) is 0 Å². The molecule has 0 bridgehead atoms. The number of hydrogen-bond donors (Lipinski definition) is 8. The fraction of sp³-hybridized carbons (Fsp3) is 0.125. The number of urea groups is 1. The Hall–Kier alpha value is -4.04. The quantitative estimate of drug-likeness (QED) is 0.0732. The summed E-state index contributed by atoms with van der Waals surface area (Å²) in [5, 5.41) is 32.9.